The average molecular weight is 225 g/mol. The van der Waals surface area contributed by atoms with Crippen LogP contribution in [0.1, 0.15) is 58.8 Å². The number of hydrogen-bond acceptors (Lipinski definition) is 2. The lowest BCUT2D eigenvalue weighted by atomic mass is 9.74. The van der Waals surface area contributed by atoms with Crippen molar-refractivity contribution in [2.75, 3.05) is 6.54 Å². The van der Waals surface area contributed by atoms with Gasteiger partial charge in [0.25, 0.3) is 0 Å². The van der Waals surface area contributed by atoms with E-state index >= 15 is 0 Å². The van der Waals surface area contributed by atoms with E-state index in [1.165, 1.54) is 25.7 Å². The monoisotopic (exact) mass is 225 g/mol. The molecule has 0 aromatic carbocycles. The van der Waals surface area contributed by atoms with Gasteiger partial charge in [0, 0.05) is 12.3 Å². The van der Waals surface area contributed by atoms with Crippen LogP contribution < -0.4 is 5.73 Å². The predicted octanol–water partition coefficient (Wildman–Crippen LogP) is 3.15. The maximum atomic E-state index is 12.1. The molecule has 0 heterocycles. The molecule has 0 amide bonds. The molecule has 0 aliphatic heterocycles. The number of ketones is 1. The molecule has 2 nitrogen and oxygen atoms in total. The quantitative estimate of drug-likeness (QED) is 0.754. The third-order valence-electron chi connectivity index (χ3n) is 4.13. The summed E-state index contributed by atoms with van der Waals surface area (Å²) in [5.74, 6) is 2.03. The van der Waals surface area contributed by atoms with Crippen LogP contribution >= 0.6 is 0 Å². The van der Waals surface area contributed by atoms with Gasteiger partial charge in [0.1, 0.15) is 5.78 Å². The van der Waals surface area contributed by atoms with Crippen molar-refractivity contribution in [2.45, 2.75) is 58.8 Å². The highest BCUT2D eigenvalue weighted by Crippen LogP contribution is 2.33. The van der Waals surface area contributed by atoms with Gasteiger partial charge in [0.05, 0.1) is 0 Å². The van der Waals surface area contributed by atoms with Crippen LogP contribution in [0.5, 0.6) is 0 Å². The average Bonchev–Trinajstić information content (AvgIpc) is 2.35. The molecule has 0 aromatic heterocycles. The first-order valence-electron chi connectivity index (χ1n) is 6.91. The summed E-state index contributed by atoms with van der Waals surface area (Å²) in [6.07, 6.45) is 7.86. The molecule has 0 saturated heterocycles. The molecule has 2 heteroatoms. The maximum absolute atomic E-state index is 12.1. The highest BCUT2D eigenvalue weighted by Gasteiger charge is 2.28. The van der Waals surface area contributed by atoms with Crippen LogP contribution in [0.25, 0.3) is 0 Å². The van der Waals surface area contributed by atoms with E-state index in [0.29, 0.717) is 30.1 Å². The molecule has 0 radical (unpaired) electrons. The van der Waals surface area contributed by atoms with Crippen molar-refractivity contribution < 1.29 is 4.79 Å². The lowest BCUT2D eigenvalue weighted by Crippen LogP contribution is -2.27. The zero-order valence-electron chi connectivity index (χ0n) is 10.9. The molecule has 2 N–H and O–H groups in total. The molecule has 0 aromatic rings. The Morgan fingerprint density at radius 2 is 2.06 bits per heavy atom. The van der Waals surface area contributed by atoms with E-state index in [1.54, 1.807) is 0 Å². The first kappa shape index (κ1) is 13.7. The molecule has 0 bridgehead atoms. The number of rotatable bonds is 6. The Morgan fingerprint density at radius 1 is 1.38 bits per heavy atom. The second-order valence-corrected chi connectivity index (χ2v) is 5.41. The minimum absolute atomic E-state index is 0.365. The Balaban J connectivity index is 2.38. The Labute approximate surface area is 100.0 Å². The molecule has 1 aliphatic rings. The summed E-state index contributed by atoms with van der Waals surface area (Å²) in [5.41, 5.74) is 5.58. The van der Waals surface area contributed by atoms with Crippen molar-refractivity contribution in [1.82, 2.24) is 0 Å². The number of carbonyl (C=O) groups is 1. The molecule has 1 fully saturated rings. The fraction of sp³-hybridized carbons (Fsp3) is 0.929. The summed E-state index contributed by atoms with van der Waals surface area (Å²) in [4.78, 5) is 12.1. The lowest BCUT2D eigenvalue weighted by molar-refractivity contribution is -0.125. The van der Waals surface area contributed by atoms with Crippen LogP contribution in [0.15, 0.2) is 0 Å². The van der Waals surface area contributed by atoms with E-state index in [0.717, 1.165) is 19.3 Å². The van der Waals surface area contributed by atoms with Crippen molar-refractivity contribution >= 4 is 5.78 Å². The van der Waals surface area contributed by atoms with Crippen molar-refractivity contribution in [3.63, 3.8) is 0 Å². The fourth-order valence-corrected chi connectivity index (χ4v) is 2.81. The van der Waals surface area contributed by atoms with Crippen LogP contribution in [-0.4, -0.2) is 12.3 Å². The van der Waals surface area contributed by atoms with Crippen LogP contribution in [0.2, 0.25) is 0 Å². The summed E-state index contributed by atoms with van der Waals surface area (Å²) in [6, 6.07) is 0. The van der Waals surface area contributed by atoms with Crippen LogP contribution in [0.3, 0.4) is 0 Å². The normalized spacial score (nSPS) is 27.7. The second-order valence-electron chi connectivity index (χ2n) is 5.41. The van der Waals surface area contributed by atoms with Gasteiger partial charge in [-0.05, 0) is 37.6 Å². The van der Waals surface area contributed by atoms with Crippen molar-refractivity contribution in [2.24, 2.45) is 23.5 Å². The molecular formula is C14H27NO. The van der Waals surface area contributed by atoms with Gasteiger partial charge in [0.15, 0.2) is 0 Å². The van der Waals surface area contributed by atoms with Gasteiger partial charge < -0.3 is 5.73 Å². The van der Waals surface area contributed by atoms with Crippen molar-refractivity contribution in [1.29, 1.82) is 0 Å². The van der Waals surface area contributed by atoms with Crippen molar-refractivity contribution in [3.8, 4) is 0 Å². The third kappa shape index (κ3) is 3.89. The molecule has 3 unspecified atom stereocenters. The van der Waals surface area contributed by atoms with E-state index in [9.17, 15) is 4.79 Å². The van der Waals surface area contributed by atoms with Gasteiger partial charge in [-0.2, -0.15) is 0 Å². The summed E-state index contributed by atoms with van der Waals surface area (Å²) in [6.45, 7) is 5.05. The van der Waals surface area contributed by atoms with Crippen LogP contribution in [0, 0.1) is 17.8 Å². The summed E-state index contributed by atoms with van der Waals surface area (Å²) in [5, 5.41) is 0. The second kappa shape index (κ2) is 7.05. The van der Waals surface area contributed by atoms with E-state index in [4.69, 9.17) is 5.73 Å². The van der Waals surface area contributed by atoms with E-state index < -0.39 is 0 Å². The topological polar surface area (TPSA) is 43.1 Å². The molecular weight excluding hydrogens is 198 g/mol. The van der Waals surface area contributed by atoms with Crippen molar-refractivity contribution in [3.05, 3.63) is 0 Å². The Hall–Kier alpha value is -0.370. The number of carbonyl (C=O) groups excluding carboxylic acids is 1. The largest absolute Gasteiger partial charge is 0.330 e. The lowest BCUT2D eigenvalue weighted by Gasteiger charge is -2.29. The summed E-state index contributed by atoms with van der Waals surface area (Å²) < 4.78 is 0. The predicted molar refractivity (Wildman–Crippen MR) is 68.2 cm³/mol. The van der Waals surface area contributed by atoms with Gasteiger partial charge in [-0.15, -0.1) is 0 Å². The number of Topliss-reactive ketones (excluding diaryl/α,β-unsaturated/α-hetero) is 1. The minimum Gasteiger partial charge on any atom is -0.330 e. The smallest absolute Gasteiger partial charge is 0.136 e. The molecule has 1 saturated carbocycles. The standard InChI is InChI=1S/C14H27NO/c1-3-12-6-4-5-7-13(12)14(16)9-8-11(2)10-15/h11-13H,3-10,15H2,1-2H3. The summed E-state index contributed by atoms with van der Waals surface area (Å²) >= 11 is 0. The first-order valence-corrected chi connectivity index (χ1v) is 6.91. The van der Waals surface area contributed by atoms with Crippen LogP contribution in [0.4, 0.5) is 0 Å². The number of nitrogens with two attached hydrogens (primary N) is 1. The van der Waals surface area contributed by atoms with Gasteiger partial charge in [-0.1, -0.05) is 33.1 Å². The third-order valence-corrected chi connectivity index (χ3v) is 4.13. The maximum Gasteiger partial charge on any atom is 0.136 e. The highest BCUT2D eigenvalue weighted by molar-refractivity contribution is 5.81. The molecule has 1 rings (SSSR count). The SMILES string of the molecule is CCC1CCCCC1C(=O)CCC(C)CN. The van der Waals surface area contributed by atoms with Crippen LogP contribution in [-0.2, 0) is 4.79 Å². The highest BCUT2D eigenvalue weighted by atomic mass is 16.1. The molecule has 3 atom stereocenters. The molecule has 94 valence electrons. The molecule has 1 aliphatic carbocycles. The van der Waals surface area contributed by atoms with E-state index in [2.05, 4.69) is 13.8 Å². The Morgan fingerprint density at radius 3 is 2.69 bits per heavy atom. The molecule has 0 spiro atoms. The fourth-order valence-electron chi connectivity index (χ4n) is 2.81. The zero-order valence-corrected chi connectivity index (χ0v) is 10.9. The van der Waals surface area contributed by atoms with E-state index in [1.807, 2.05) is 0 Å². The summed E-state index contributed by atoms with van der Waals surface area (Å²) in [7, 11) is 0. The van der Waals surface area contributed by atoms with Gasteiger partial charge >= 0.3 is 0 Å². The Bertz CT molecular complexity index is 215. The number of hydrogen-bond donors (Lipinski definition) is 1. The Kier molecular flexibility index (Phi) is 6.04. The first-order chi connectivity index (χ1) is 7.69. The molecule has 16 heavy (non-hydrogen) atoms. The van der Waals surface area contributed by atoms with Gasteiger partial charge in [-0.3, -0.25) is 4.79 Å². The van der Waals surface area contributed by atoms with Gasteiger partial charge in [-0.25, -0.2) is 0 Å². The minimum atomic E-state index is 0.365. The van der Waals surface area contributed by atoms with E-state index in [-0.39, 0.29) is 0 Å². The van der Waals surface area contributed by atoms with Gasteiger partial charge in [0.2, 0.25) is 0 Å². The zero-order chi connectivity index (χ0) is 12.0.